The minimum Gasteiger partial charge on any atom is -0.348 e. The van der Waals surface area contributed by atoms with Crippen molar-refractivity contribution in [3.63, 3.8) is 0 Å². The molecule has 1 aliphatic carbocycles. The number of allylic oxidation sites excluding steroid dienone is 1. The molecule has 0 saturated carbocycles. The molecule has 0 bridgehead atoms. The van der Waals surface area contributed by atoms with Gasteiger partial charge in [-0.15, -0.1) is 11.3 Å². The highest BCUT2D eigenvalue weighted by molar-refractivity contribution is 7.12. The molecular weight excluding hydrogens is 579 g/mol. The normalized spacial score (nSPS) is 17.5. The van der Waals surface area contributed by atoms with Gasteiger partial charge in [0, 0.05) is 65.9 Å². The summed E-state index contributed by atoms with van der Waals surface area (Å²) in [6.45, 7) is 7.15. The lowest BCUT2D eigenvalue weighted by molar-refractivity contribution is 0.0965. The molecule has 5 aromatic rings. The van der Waals surface area contributed by atoms with Crippen molar-refractivity contribution in [2.24, 2.45) is 7.05 Å². The van der Waals surface area contributed by atoms with Crippen LogP contribution in [-0.2, 0) is 33.0 Å². The predicted octanol–water partition coefficient (Wildman–Crippen LogP) is 7.04. The molecular formula is C37H39N5O2S. The molecule has 3 aliphatic rings. The van der Waals surface area contributed by atoms with Crippen LogP contribution in [0.4, 0.5) is 0 Å². The van der Waals surface area contributed by atoms with Gasteiger partial charge in [-0.25, -0.2) is 0 Å². The number of likely N-dealkylation sites (tertiary alicyclic amines) is 1. The summed E-state index contributed by atoms with van der Waals surface area (Å²) in [4.78, 5) is 30.3. The van der Waals surface area contributed by atoms with E-state index in [0.29, 0.717) is 12.1 Å². The Bertz CT molecular complexity index is 2010. The Morgan fingerprint density at radius 2 is 2.00 bits per heavy atom. The second-order valence-electron chi connectivity index (χ2n) is 12.8. The molecule has 2 aliphatic heterocycles. The second-order valence-corrected chi connectivity index (χ2v) is 13.7. The molecule has 3 aromatic heterocycles. The first kappa shape index (κ1) is 28.5. The van der Waals surface area contributed by atoms with Crippen LogP contribution in [0.15, 0.2) is 53.6 Å². The molecule has 0 spiro atoms. The standard InChI is InChI=1S/C37H39N5O2S/c1-3-41-16-6-9-23(15-18-41)8-4-5-17-42-30-14-11-24(36(43)31-10-7-19-45-31)20-26(30)33-27-21-38-37(44)34(27)32-25(35(33)42)12-13-29-28(32)22-40(2)39-29/h7-8,10-11,14,19-20,22H,3-6,9,12-13,15-18,21H2,1-2H3,(H,38,44)/b23-8-. The summed E-state index contributed by atoms with van der Waals surface area (Å²) in [5, 5.41) is 12.1. The first-order valence-electron chi connectivity index (χ1n) is 16.4. The number of carbonyl (C=O) groups excluding carboxylic acids is 2. The summed E-state index contributed by atoms with van der Waals surface area (Å²) < 4.78 is 4.37. The van der Waals surface area contributed by atoms with Crippen LogP contribution < -0.4 is 5.32 Å². The van der Waals surface area contributed by atoms with Crippen molar-refractivity contribution in [3.8, 4) is 11.1 Å². The number of hydrogen-bond acceptors (Lipinski definition) is 5. The summed E-state index contributed by atoms with van der Waals surface area (Å²) in [5.74, 6) is 0.0384. The fourth-order valence-electron chi connectivity index (χ4n) is 7.98. The smallest absolute Gasteiger partial charge is 0.252 e. The number of thiophene rings is 1. The number of nitrogens with zero attached hydrogens (tertiary/aromatic N) is 4. The highest BCUT2D eigenvalue weighted by Crippen LogP contribution is 2.47. The second kappa shape index (κ2) is 11.4. The summed E-state index contributed by atoms with van der Waals surface area (Å²) in [5.41, 5.74) is 11.0. The molecule has 8 heteroatoms. The fraction of sp³-hybridized carbons (Fsp3) is 0.378. The molecule has 5 heterocycles. The molecule has 1 fully saturated rings. The minimum atomic E-state index is -0.0109. The number of ketones is 1. The lowest BCUT2D eigenvalue weighted by Gasteiger charge is -2.21. The lowest BCUT2D eigenvalue weighted by atomic mass is 9.82. The average Bonchev–Trinajstić information content (AvgIpc) is 3.82. The van der Waals surface area contributed by atoms with Crippen molar-refractivity contribution in [1.29, 1.82) is 0 Å². The monoisotopic (exact) mass is 617 g/mol. The highest BCUT2D eigenvalue weighted by Gasteiger charge is 2.35. The van der Waals surface area contributed by atoms with Crippen LogP contribution >= 0.6 is 11.3 Å². The van der Waals surface area contributed by atoms with Gasteiger partial charge in [-0.3, -0.25) is 14.3 Å². The van der Waals surface area contributed by atoms with Gasteiger partial charge in [0.05, 0.1) is 21.7 Å². The third-order valence-electron chi connectivity index (χ3n) is 10.1. The number of hydrogen-bond donors (Lipinski definition) is 1. The van der Waals surface area contributed by atoms with Crippen molar-refractivity contribution in [1.82, 2.24) is 24.6 Å². The van der Waals surface area contributed by atoms with Crippen LogP contribution in [0.2, 0.25) is 0 Å². The van der Waals surface area contributed by atoms with Crippen LogP contribution in [-0.4, -0.2) is 50.6 Å². The van der Waals surface area contributed by atoms with E-state index >= 15 is 0 Å². The molecule has 8 rings (SSSR count). The zero-order chi connectivity index (χ0) is 30.7. The molecule has 7 nitrogen and oxygen atoms in total. The van der Waals surface area contributed by atoms with Crippen molar-refractivity contribution >= 4 is 44.8 Å². The number of fused-ring (bicyclic) bond motifs is 10. The lowest BCUT2D eigenvalue weighted by Crippen LogP contribution is -2.23. The average molecular weight is 618 g/mol. The molecule has 1 amide bonds. The topological polar surface area (TPSA) is 72.2 Å². The van der Waals surface area contributed by atoms with Crippen molar-refractivity contribution in [3.05, 3.63) is 86.4 Å². The highest BCUT2D eigenvalue weighted by atomic mass is 32.1. The van der Waals surface area contributed by atoms with E-state index in [0.717, 1.165) is 87.9 Å². The van der Waals surface area contributed by atoms with E-state index in [1.165, 1.54) is 54.8 Å². The van der Waals surface area contributed by atoms with Gasteiger partial charge >= 0.3 is 0 Å². The summed E-state index contributed by atoms with van der Waals surface area (Å²) in [6, 6.07) is 10.0. The van der Waals surface area contributed by atoms with E-state index in [9.17, 15) is 9.59 Å². The first-order valence-corrected chi connectivity index (χ1v) is 17.3. The Morgan fingerprint density at radius 3 is 2.84 bits per heavy atom. The Kier molecular flexibility index (Phi) is 7.22. The molecule has 0 radical (unpaired) electrons. The third kappa shape index (κ3) is 4.77. The number of aromatic nitrogens is 3. The van der Waals surface area contributed by atoms with Crippen molar-refractivity contribution < 1.29 is 9.59 Å². The van der Waals surface area contributed by atoms with Gasteiger partial charge in [0.25, 0.3) is 5.91 Å². The van der Waals surface area contributed by atoms with E-state index in [4.69, 9.17) is 5.10 Å². The van der Waals surface area contributed by atoms with Crippen molar-refractivity contribution in [2.45, 2.75) is 65.0 Å². The number of carbonyl (C=O) groups is 2. The summed E-state index contributed by atoms with van der Waals surface area (Å²) in [6.07, 6.45) is 12.0. The first-order chi connectivity index (χ1) is 22.0. The number of rotatable bonds is 7. The van der Waals surface area contributed by atoms with Crippen LogP contribution in [0.1, 0.15) is 81.4 Å². The van der Waals surface area contributed by atoms with E-state index in [-0.39, 0.29) is 11.7 Å². The van der Waals surface area contributed by atoms with Gasteiger partial charge in [0.1, 0.15) is 0 Å². The SMILES string of the molecule is CCN1CCC/C(=C/CCCn2c3ccc(C(=O)c4cccs4)cc3c3c4c(c5c(c32)CCc2nn(C)cc2-5)C(=O)NC4)CC1. The quantitative estimate of drug-likeness (QED) is 0.121. The Labute approximate surface area is 267 Å². The van der Waals surface area contributed by atoms with Crippen molar-refractivity contribution in [2.75, 3.05) is 19.6 Å². The van der Waals surface area contributed by atoms with E-state index in [2.05, 4.69) is 46.1 Å². The Balaban J connectivity index is 1.27. The van der Waals surface area contributed by atoms with Crippen LogP contribution in [0.5, 0.6) is 0 Å². The van der Waals surface area contributed by atoms with E-state index < -0.39 is 0 Å². The van der Waals surface area contributed by atoms with Crippen LogP contribution in [0.3, 0.4) is 0 Å². The Hall–Kier alpha value is -4.01. The van der Waals surface area contributed by atoms with Crippen LogP contribution in [0.25, 0.3) is 32.9 Å². The Morgan fingerprint density at radius 1 is 1.09 bits per heavy atom. The number of nitrogens with one attached hydrogen (secondary N) is 1. The molecule has 45 heavy (non-hydrogen) atoms. The number of amides is 1. The van der Waals surface area contributed by atoms with Gasteiger partial charge in [-0.05, 0) is 98.8 Å². The maximum Gasteiger partial charge on any atom is 0.252 e. The molecule has 0 unspecified atom stereocenters. The largest absolute Gasteiger partial charge is 0.348 e. The molecule has 230 valence electrons. The number of benzene rings is 2. The van der Waals surface area contributed by atoms with Gasteiger partial charge in [0.2, 0.25) is 5.78 Å². The molecule has 1 saturated heterocycles. The van der Waals surface area contributed by atoms with Crippen LogP contribution in [0, 0.1) is 0 Å². The van der Waals surface area contributed by atoms with E-state index in [1.807, 2.05) is 35.3 Å². The third-order valence-corrected chi connectivity index (χ3v) is 11.0. The van der Waals surface area contributed by atoms with E-state index in [1.54, 1.807) is 5.57 Å². The molecule has 2 aromatic carbocycles. The fourth-order valence-corrected chi connectivity index (χ4v) is 8.67. The molecule has 1 N–H and O–H groups in total. The maximum absolute atomic E-state index is 13.5. The summed E-state index contributed by atoms with van der Waals surface area (Å²) in [7, 11) is 1.96. The zero-order valence-electron chi connectivity index (χ0n) is 26.1. The van der Waals surface area contributed by atoms with Gasteiger partial charge in [0.15, 0.2) is 0 Å². The summed E-state index contributed by atoms with van der Waals surface area (Å²) >= 11 is 1.48. The van der Waals surface area contributed by atoms with Gasteiger partial charge in [-0.1, -0.05) is 24.6 Å². The number of unbranched alkanes of at least 4 members (excludes halogenated alkanes) is 1. The maximum atomic E-state index is 13.5. The number of aryl methyl sites for hydroxylation is 4. The van der Waals surface area contributed by atoms with Gasteiger partial charge < -0.3 is 14.8 Å². The zero-order valence-corrected chi connectivity index (χ0v) is 26.9. The molecule has 0 atom stereocenters. The predicted molar refractivity (Wildman–Crippen MR) is 181 cm³/mol. The van der Waals surface area contributed by atoms with Gasteiger partial charge in [-0.2, -0.15) is 5.10 Å². The minimum absolute atomic E-state index is 0.0109.